The van der Waals surface area contributed by atoms with Gasteiger partial charge in [0, 0.05) is 13.0 Å². The molecule has 1 N–H and O–H groups in total. The number of benzene rings is 1. The normalized spacial score (nSPS) is 26.2. The van der Waals surface area contributed by atoms with Crippen LogP contribution in [-0.2, 0) is 4.79 Å². The Morgan fingerprint density at radius 1 is 1.19 bits per heavy atom. The third kappa shape index (κ3) is 3.41. The van der Waals surface area contributed by atoms with Crippen molar-refractivity contribution in [1.82, 2.24) is 10.2 Å². The van der Waals surface area contributed by atoms with Crippen LogP contribution < -0.4 is 5.32 Å². The molecule has 1 saturated carbocycles. The van der Waals surface area contributed by atoms with Gasteiger partial charge >= 0.3 is 6.03 Å². The van der Waals surface area contributed by atoms with Crippen molar-refractivity contribution < 1.29 is 9.59 Å². The van der Waals surface area contributed by atoms with Gasteiger partial charge < -0.3 is 5.32 Å². The largest absolute Gasteiger partial charge is 0.325 e. The maximum absolute atomic E-state index is 12.9. The number of amides is 3. The van der Waals surface area contributed by atoms with Gasteiger partial charge in [0.1, 0.15) is 5.54 Å². The maximum Gasteiger partial charge on any atom is 0.325 e. The number of hydrogen-bond acceptors (Lipinski definition) is 4. The van der Waals surface area contributed by atoms with Crippen LogP contribution in [0.2, 0.25) is 0 Å². The van der Waals surface area contributed by atoms with Crippen molar-refractivity contribution in [2.75, 3.05) is 6.54 Å². The van der Waals surface area contributed by atoms with Crippen molar-refractivity contribution in [1.29, 1.82) is 10.5 Å². The molecule has 2 fully saturated rings. The van der Waals surface area contributed by atoms with E-state index in [0.717, 1.165) is 12.8 Å². The number of nitriles is 2. The lowest BCUT2D eigenvalue weighted by Gasteiger charge is -2.35. The highest BCUT2D eigenvalue weighted by molar-refractivity contribution is 6.07. The summed E-state index contributed by atoms with van der Waals surface area (Å²) in [5.41, 5.74) is 0.453. The second kappa shape index (κ2) is 7.58. The van der Waals surface area contributed by atoms with Crippen molar-refractivity contribution in [3.05, 3.63) is 35.9 Å². The molecule has 6 heteroatoms. The minimum atomic E-state index is -0.822. The molecule has 1 aliphatic carbocycles. The summed E-state index contributed by atoms with van der Waals surface area (Å²) in [5.74, 6) is -0.311. The summed E-state index contributed by atoms with van der Waals surface area (Å²) < 4.78 is 0. The van der Waals surface area contributed by atoms with Crippen LogP contribution in [0.4, 0.5) is 4.79 Å². The van der Waals surface area contributed by atoms with E-state index in [0.29, 0.717) is 25.2 Å². The van der Waals surface area contributed by atoms with Crippen molar-refractivity contribution >= 4 is 11.9 Å². The lowest BCUT2D eigenvalue weighted by molar-refractivity contribution is -0.132. The maximum atomic E-state index is 12.9. The summed E-state index contributed by atoms with van der Waals surface area (Å²) in [6.45, 7) is 0.0622. The zero-order chi connectivity index (χ0) is 18.6. The summed E-state index contributed by atoms with van der Waals surface area (Å²) in [7, 11) is 0. The lowest BCUT2D eigenvalue weighted by Crippen LogP contribution is -2.49. The smallest absolute Gasteiger partial charge is 0.323 e. The molecule has 26 heavy (non-hydrogen) atoms. The van der Waals surface area contributed by atoms with E-state index in [4.69, 9.17) is 5.26 Å². The Balaban J connectivity index is 1.66. The molecule has 1 heterocycles. The van der Waals surface area contributed by atoms with Crippen LogP contribution in [0.5, 0.6) is 0 Å². The average Bonchev–Trinajstić information content (AvgIpc) is 2.90. The molecule has 1 aliphatic heterocycles. The van der Waals surface area contributed by atoms with E-state index in [1.165, 1.54) is 10.5 Å². The van der Waals surface area contributed by atoms with Gasteiger partial charge in [0.05, 0.1) is 18.1 Å². The number of rotatable bonds is 5. The Morgan fingerprint density at radius 2 is 1.88 bits per heavy atom. The molecule has 0 unspecified atom stereocenters. The molecule has 1 spiro atoms. The first kappa shape index (κ1) is 17.9. The third-order valence-electron chi connectivity index (χ3n) is 5.55. The highest BCUT2D eigenvalue weighted by Gasteiger charge is 2.52. The van der Waals surface area contributed by atoms with Gasteiger partial charge in [-0.3, -0.25) is 9.69 Å². The molecule has 6 nitrogen and oxygen atoms in total. The van der Waals surface area contributed by atoms with Crippen molar-refractivity contribution in [2.24, 2.45) is 5.92 Å². The highest BCUT2D eigenvalue weighted by Crippen LogP contribution is 2.41. The molecule has 1 aromatic rings. The van der Waals surface area contributed by atoms with Gasteiger partial charge in [-0.2, -0.15) is 10.5 Å². The SMILES string of the molecule is N#CCC[C@H](C#N)CN1C(=O)NC2(CCC(c3ccccc3)CC2)C1=O. The van der Waals surface area contributed by atoms with Crippen molar-refractivity contribution in [3.63, 3.8) is 0 Å². The fourth-order valence-electron chi connectivity index (χ4n) is 4.01. The zero-order valence-corrected chi connectivity index (χ0v) is 14.6. The summed E-state index contributed by atoms with van der Waals surface area (Å²) in [5, 5.41) is 20.8. The van der Waals surface area contributed by atoms with Crippen molar-refractivity contribution in [3.8, 4) is 12.1 Å². The molecule has 0 aromatic heterocycles. The molecule has 1 saturated heterocycles. The fraction of sp³-hybridized carbons (Fsp3) is 0.500. The third-order valence-corrected chi connectivity index (χ3v) is 5.55. The zero-order valence-electron chi connectivity index (χ0n) is 14.6. The van der Waals surface area contributed by atoms with Gasteiger partial charge in [0.15, 0.2) is 0 Å². The van der Waals surface area contributed by atoms with Gasteiger partial charge in [0.2, 0.25) is 0 Å². The topological polar surface area (TPSA) is 97.0 Å². The quantitative estimate of drug-likeness (QED) is 0.825. The van der Waals surface area contributed by atoms with E-state index in [9.17, 15) is 14.9 Å². The first-order valence-electron chi connectivity index (χ1n) is 9.05. The molecule has 0 bridgehead atoms. The first-order chi connectivity index (χ1) is 12.6. The van der Waals surface area contributed by atoms with E-state index in [-0.39, 0.29) is 18.9 Å². The van der Waals surface area contributed by atoms with E-state index >= 15 is 0 Å². The van der Waals surface area contributed by atoms with E-state index in [1.54, 1.807) is 0 Å². The minimum absolute atomic E-state index is 0.0622. The predicted molar refractivity (Wildman–Crippen MR) is 94.6 cm³/mol. The summed E-state index contributed by atoms with van der Waals surface area (Å²) in [6.07, 6.45) is 3.53. The van der Waals surface area contributed by atoms with E-state index < -0.39 is 17.5 Å². The van der Waals surface area contributed by atoms with Crippen LogP contribution in [0.1, 0.15) is 50.0 Å². The Morgan fingerprint density at radius 3 is 2.50 bits per heavy atom. The molecule has 3 rings (SSSR count). The van der Waals surface area contributed by atoms with Crippen LogP contribution in [0.3, 0.4) is 0 Å². The standard InChI is InChI=1S/C20H22N4O2/c21-12-4-5-15(13-22)14-24-18(25)20(23-19(24)26)10-8-17(9-11-20)16-6-2-1-3-7-16/h1-3,6-7,15,17H,4-5,8-11,14H2,(H,23,26)/t15-,17?,20?/m1/s1. The molecule has 2 aliphatic rings. The number of urea groups is 1. The lowest BCUT2D eigenvalue weighted by atomic mass is 9.74. The van der Waals surface area contributed by atoms with Gasteiger partial charge in [-0.15, -0.1) is 0 Å². The summed E-state index contributed by atoms with van der Waals surface area (Å²) in [6, 6.07) is 13.9. The predicted octanol–water partition coefficient (Wildman–Crippen LogP) is 3.08. The first-order valence-corrected chi connectivity index (χ1v) is 9.05. The Hall–Kier alpha value is -2.86. The fourth-order valence-corrected chi connectivity index (χ4v) is 4.01. The number of carbonyl (C=O) groups is 2. The highest BCUT2D eigenvalue weighted by atomic mass is 16.2. The molecule has 1 atom stereocenters. The Labute approximate surface area is 153 Å². The molecular weight excluding hydrogens is 328 g/mol. The number of hydrogen-bond donors (Lipinski definition) is 1. The Kier molecular flexibility index (Phi) is 5.23. The molecule has 134 valence electrons. The number of nitrogens with one attached hydrogen (secondary N) is 1. The van der Waals surface area contributed by atoms with Gasteiger partial charge in [-0.1, -0.05) is 30.3 Å². The van der Waals surface area contributed by atoms with E-state index in [1.807, 2.05) is 24.3 Å². The molecule has 3 amide bonds. The van der Waals surface area contributed by atoms with Crippen LogP contribution in [0.25, 0.3) is 0 Å². The number of imide groups is 1. The minimum Gasteiger partial charge on any atom is -0.323 e. The van der Waals surface area contributed by atoms with Crippen LogP contribution in [0, 0.1) is 28.6 Å². The van der Waals surface area contributed by atoms with Gasteiger partial charge in [-0.05, 0) is 43.6 Å². The number of carbonyl (C=O) groups excluding carboxylic acids is 2. The second-order valence-electron chi connectivity index (χ2n) is 7.14. The summed E-state index contributed by atoms with van der Waals surface area (Å²) >= 11 is 0. The van der Waals surface area contributed by atoms with Gasteiger partial charge in [-0.25, -0.2) is 4.79 Å². The summed E-state index contributed by atoms with van der Waals surface area (Å²) in [4.78, 5) is 26.5. The molecular formula is C20H22N4O2. The monoisotopic (exact) mass is 350 g/mol. The Bertz CT molecular complexity index is 754. The average molecular weight is 350 g/mol. The van der Waals surface area contributed by atoms with Crippen molar-refractivity contribution in [2.45, 2.75) is 50.0 Å². The van der Waals surface area contributed by atoms with Crippen LogP contribution in [0.15, 0.2) is 30.3 Å². The van der Waals surface area contributed by atoms with Crippen LogP contribution in [-0.4, -0.2) is 28.9 Å². The number of nitrogens with zero attached hydrogens (tertiary/aromatic N) is 3. The second-order valence-corrected chi connectivity index (χ2v) is 7.14. The molecule has 1 aromatic carbocycles. The molecule has 0 radical (unpaired) electrons. The van der Waals surface area contributed by atoms with Crippen LogP contribution >= 0.6 is 0 Å². The van der Waals surface area contributed by atoms with Gasteiger partial charge in [0.25, 0.3) is 5.91 Å². The van der Waals surface area contributed by atoms with E-state index in [2.05, 4.69) is 23.5 Å².